The summed E-state index contributed by atoms with van der Waals surface area (Å²) in [7, 11) is 1.37. The Labute approximate surface area is 101 Å². The van der Waals surface area contributed by atoms with Gasteiger partial charge >= 0.3 is 5.76 Å². The van der Waals surface area contributed by atoms with Crippen LogP contribution in [0.3, 0.4) is 0 Å². The quantitative estimate of drug-likeness (QED) is 0.630. The molecule has 7 heteroatoms. The van der Waals surface area contributed by atoms with E-state index in [9.17, 15) is 13.2 Å². The second-order valence-corrected chi connectivity index (χ2v) is 5.90. The summed E-state index contributed by atoms with van der Waals surface area (Å²) in [4.78, 5) is 11.4. The minimum absolute atomic E-state index is 0.105. The molecule has 0 fully saturated rings. The molecule has 0 amide bonds. The fourth-order valence-corrected chi connectivity index (χ4v) is 2.27. The third-order valence-electron chi connectivity index (χ3n) is 2.23. The van der Waals surface area contributed by atoms with Crippen LogP contribution in [0, 0.1) is 0 Å². The Morgan fingerprint density at radius 1 is 1.47 bits per heavy atom. The number of hydrogen-bond donors (Lipinski definition) is 0. The Bertz CT molecular complexity index is 741. The predicted molar refractivity (Wildman–Crippen MR) is 63.7 cm³/mol. The second kappa shape index (κ2) is 4.05. The van der Waals surface area contributed by atoms with Gasteiger partial charge in [0, 0.05) is 23.3 Å². The zero-order valence-electron chi connectivity index (χ0n) is 8.59. The number of fused-ring (bicyclic) bond motifs is 1. The minimum Gasteiger partial charge on any atom is -0.408 e. The van der Waals surface area contributed by atoms with E-state index in [0.717, 1.165) is 0 Å². The predicted octanol–water partition coefficient (Wildman–Crippen LogP) is 1.71. The van der Waals surface area contributed by atoms with Crippen LogP contribution < -0.4 is 5.76 Å². The van der Waals surface area contributed by atoms with E-state index in [1.807, 2.05) is 0 Å². The van der Waals surface area contributed by atoms with Crippen LogP contribution in [-0.2, 0) is 15.6 Å². The zero-order valence-corrected chi connectivity index (χ0v) is 10.2. The number of aromatic nitrogens is 1. The molecule has 17 heavy (non-hydrogen) atoms. The van der Waals surface area contributed by atoms with E-state index in [4.69, 9.17) is 15.1 Å². The normalized spacial score (nSPS) is 11.8. The molecular weight excluding hydrogens is 266 g/mol. The van der Waals surface area contributed by atoms with E-state index in [2.05, 4.69) is 6.58 Å². The molecule has 0 unspecified atom stereocenters. The lowest BCUT2D eigenvalue weighted by Crippen LogP contribution is -2.12. The lowest BCUT2D eigenvalue weighted by Gasteiger charge is -1.97. The van der Waals surface area contributed by atoms with Crippen LogP contribution >= 0.6 is 10.7 Å². The molecule has 0 atom stereocenters. The Kier molecular flexibility index (Phi) is 2.84. The summed E-state index contributed by atoms with van der Waals surface area (Å²) in [6.45, 7) is 3.81. The highest BCUT2D eigenvalue weighted by Crippen LogP contribution is 2.21. The molecule has 0 spiro atoms. The van der Waals surface area contributed by atoms with Crippen molar-refractivity contribution in [3.63, 3.8) is 0 Å². The van der Waals surface area contributed by atoms with Gasteiger partial charge in [0.15, 0.2) is 5.58 Å². The van der Waals surface area contributed by atoms with Crippen LogP contribution in [0.4, 0.5) is 0 Å². The van der Waals surface area contributed by atoms with Crippen LogP contribution in [-0.4, -0.2) is 13.0 Å². The molecule has 2 aromatic rings. The topological polar surface area (TPSA) is 69.3 Å². The Morgan fingerprint density at radius 3 is 2.76 bits per heavy atom. The first-order valence-corrected chi connectivity index (χ1v) is 6.93. The molecule has 1 heterocycles. The number of halogens is 1. The molecular formula is C10H8ClNO4S. The third kappa shape index (κ3) is 2.13. The van der Waals surface area contributed by atoms with Crippen LogP contribution in [0.15, 0.2) is 45.0 Å². The van der Waals surface area contributed by atoms with Gasteiger partial charge in [0.05, 0.1) is 10.4 Å². The van der Waals surface area contributed by atoms with Gasteiger partial charge in [-0.1, -0.05) is 6.08 Å². The smallest absolute Gasteiger partial charge is 0.408 e. The van der Waals surface area contributed by atoms with E-state index >= 15 is 0 Å². The van der Waals surface area contributed by atoms with Gasteiger partial charge in [-0.15, -0.1) is 6.58 Å². The van der Waals surface area contributed by atoms with Gasteiger partial charge in [-0.05, 0) is 12.1 Å². The van der Waals surface area contributed by atoms with Crippen molar-refractivity contribution in [2.24, 2.45) is 0 Å². The average molecular weight is 274 g/mol. The summed E-state index contributed by atoms with van der Waals surface area (Å²) in [6.07, 6.45) is 1.54. The Morgan fingerprint density at radius 2 is 2.18 bits per heavy atom. The molecule has 2 rings (SSSR count). The van der Waals surface area contributed by atoms with Gasteiger partial charge in [0.1, 0.15) is 0 Å². The summed E-state index contributed by atoms with van der Waals surface area (Å²) in [6, 6.07) is 4.01. The summed E-state index contributed by atoms with van der Waals surface area (Å²) in [5.74, 6) is -0.566. The number of rotatable bonds is 3. The molecule has 0 bridgehead atoms. The van der Waals surface area contributed by atoms with E-state index < -0.39 is 14.8 Å². The molecule has 0 aliphatic carbocycles. The van der Waals surface area contributed by atoms with Crippen molar-refractivity contribution in [1.29, 1.82) is 0 Å². The lowest BCUT2D eigenvalue weighted by molar-refractivity contribution is 0.519. The number of hydrogen-bond acceptors (Lipinski definition) is 4. The number of oxazole rings is 1. The van der Waals surface area contributed by atoms with Crippen LogP contribution in [0.2, 0.25) is 0 Å². The molecule has 0 saturated carbocycles. The molecule has 0 radical (unpaired) electrons. The van der Waals surface area contributed by atoms with Crippen molar-refractivity contribution in [2.75, 3.05) is 0 Å². The van der Waals surface area contributed by atoms with Gasteiger partial charge in [0.25, 0.3) is 9.05 Å². The van der Waals surface area contributed by atoms with Crippen LogP contribution in [0.1, 0.15) is 0 Å². The lowest BCUT2D eigenvalue weighted by atomic mass is 10.3. The fourth-order valence-electron chi connectivity index (χ4n) is 1.50. The van der Waals surface area contributed by atoms with Crippen LogP contribution in [0.25, 0.3) is 11.1 Å². The van der Waals surface area contributed by atoms with Crippen molar-refractivity contribution < 1.29 is 12.8 Å². The molecule has 0 N–H and O–H groups in total. The molecule has 5 nitrogen and oxygen atoms in total. The summed E-state index contributed by atoms with van der Waals surface area (Å²) < 4.78 is 28.5. The molecule has 90 valence electrons. The average Bonchev–Trinajstić information content (AvgIpc) is 2.54. The first-order chi connectivity index (χ1) is 7.93. The first kappa shape index (κ1) is 11.9. The fraction of sp³-hybridized carbons (Fsp3) is 0.100. The van der Waals surface area contributed by atoms with Gasteiger partial charge in [-0.25, -0.2) is 13.2 Å². The highest BCUT2D eigenvalue weighted by Gasteiger charge is 2.14. The van der Waals surface area contributed by atoms with Crippen LogP contribution in [0.5, 0.6) is 0 Å². The van der Waals surface area contributed by atoms with Gasteiger partial charge < -0.3 is 4.42 Å². The monoisotopic (exact) mass is 273 g/mol. The molecule has 0 aliphatic heterocycles. The van der Waals surface area contributed by atoms with E-state index in [1.165, 1.54) is 22.8 Å². The Balaban J connectivity index is 2.74. The van der Waals surface area contributed by atoms with Crippen molar-refractivity contribution in [1.82, 2.24) is 4.57 Å². The van der Waals surface area contributed by atoms with E-state index in [0.29, 0.717) is 12.1 Å². The Hall–Kier alpha value is -1.53. The summed E-state index contributed by atoms with van der Waals surface area (Å²) in [5, 5.41) is 0. The largest absolute Gasteiger partial charge is 0.420 e. The van der Waals surface area contributed by atoms with E-state index in [1.54, 1.807) is 6.08 Å². The molecule has 1 aromatic heterocycles. The maximum absolute atomic E-state index is 11.5. The van der Waals surface area contributed by atoms with Crippen molar-refractivity contribution in [3.05, 3.63) is 41.4 Å². The minimum atomic E-state index is -3.83. The number of benzene rings is 1. The maximum Gasteiger partial charge on any atom is 0.420 e. The molecule has 0 saturated heterocycles. The maximum atomic E-state index is 11.5. The van der Waals surface area contributed by atoms with Gasteiger partial charge in [0.2, 0.25) is 0 Å². The highest BCUT2D eigenvalue weighted by molar-refractivity contribution is 8.13. The second-order valence-electron chi connectivity index (χ2n) is 3.33. The zero-order chi connectivity index (χ0) is 12.6. The van der Waals surface area contributed by atoms with Gasteiger partial charge in [-0.2, -0.15) is 0 Å². The third-order valence-corrected chi connectivity index (χ3v) is 3.58. The van der Waals surface area contributed by atoms with Crippen molar-refractivity contribution in [3.8, 4) is 0 Å². The SMILES string of the molecule is C=CCn1c(=O)oc2cc(S(=O)(=O)Cl)ccc21. The number of nitrogens with zero attached hydrogens (tertiary/aromatic N) is 1. The summed E-state index contributed by atoms with van der Waals surface area (Å²) >= 11 is 0. The summed E-state index contributed by atoms with van der Waals surface area (Å²) in [5.41, 5.74) is 0.678. The molecule has 0 aliphatic rings. The van der Waals surface area contributed by atoms with Crippen molar-refractivity contribution in [2.45, 2.75) is 11.4 Å². The van der Waals surface area contributed by atoms with E-state index in [-0.39, 0.29) is 10.5 Å². The molecule has 1 aromatic carbocycles. The highest BCUT2D eigenvalue weighted by atomic mass is 35.7. The van der Waals surface area contributed by atoms with Gasteiger partial charge in [-0.3, -0.25) is 4.57 Å². The number of allylic oxidation sites excluding steroid dienone is 1. The standard InChI is InChI=1S/C10H8ClNO4S/c1-2-5-12-8-4-3-7(17(11,14)15)6-9(8)16-10(12)13/h2-4,6H,1,5H2. The first-order valence-electron chi connectivity index (χ1n) is 4.62. The van der Waals surface area contributed by atoms with Crippen molar-refractivity contribution >= 4 is 30.8 Å².